The van der Waals surface area contributed by atoms with Crippen molar-refractivity contribution in [3.8, 4) is 0 Å². The summed E-state index contributed by atoms with van der Waals surface area (Å²) in [6.45, 7) is 0.516. The van der Waals surface area contributed by atoms with Crippen molar-refractivity contribution in [2.45, 2.75) is 6.54 Å². The van der Waals surface area contributed by atoms with Gasteiger partial charge in [-0.2, -0.15) is 0 Å². The molecule has 0 aliphatic rings. The Morgan fingerprint density at radius 2 is 1.71 bits per heavy atom. The molecule has 0 saturated carbocycles. The average molecular weight is 298 g/mol. The van der Waals surface area contributed by atoms with Crippen molar-refractivity contribution >= 4 is 21.6 Å². The van der Waals surface area contributed by atoms with Gasteiger partial charge in [-0.1, -0.05) is 28.1 Å². The summed E-state index contributed by atoms with van der Waals surface area (Å²) in [5.74, 6) is -1.16. The van der Waals surface area contributed by atoms with Gasteiger partial charge in [0.15, 0.2) is 0 Å². The van der Waals surface area contributed by atoms with Gasteiger partial charge in [0.1, 0.15) is 11.6 Å². The zero-order chi connectivity index (χ0) is 12.3. The lowest BCUT2D eigenvalue weighted by Gasteiger charge is -2.07. The van der Waals surface area contributed by atoms with Gasteiger partial charge in [-0.05, 0) is 29.8 Å². The van der Waals surface area contributed by atoms with E-state index in [2.05, 4.69) is 21.2 Å². The number of anilines is 1. The highest BCUT2D eigenvalue weighted by Gasteiger charge is 2.00. The number of hydrogen-bond acceptors (Lipinski definition) is 1. The lowest BCUT2D eigenvalue weighted by molar-refractivity contribution is 0.584. The second-order valence-corrected chi connectivity index (χ2v) is 4.56. The second-order valence-electron chi connectivity index (χ2n) is 3.64. The summed E-state index contributed by atoms with van der Waals surface area (Å²) in [5.41, 5.74) is 1.46. The summed E-state index contributed by atoms with van der Waals surface area (Å²) in [4.78, 5) is 0. The first-order chi connectivity index (χ1) is 8.13. The third-order valence-corrected chi connectivity index (χ3v) is 2.74. The van der Waals surface area contributed by atoms with Crippen molar-refractivity contribution in [1.82, 2.24) is 0 Å². The summed E-state index contributed by atoms with van der Waals surface area (Å²) in [7, 11) is 0. The number of rotatable bonds is 3. The highest BCUT2D eigenvalue weighted by atomic mass is 79.9. The van der Waals surface area contributed by atoms with Crippen molar-refractivity contribution < 1.29 is 8.78 Å². The molecule has 4 heteroatoms. The predicted molar refractivity (Wildman–Crippen MR) is 67.8 cm³/mol. The normalized spacial score (nSPS) is 10.3. The maximum Gasteiger partial charge on any atom is 0.128 e. The van der Waals surface area contributed by atoms with E-state index in [0.29, 0.717) is 12.2 Å². The van der Waals surface area contributed by atoms with Crippen LogP contribution in [-0.4, -0.2) is 0 Å². The molecule has 1 N–H and O–H groups in total. The molecular formula is C13H10BrF2N. The third-order valence-electron chi connectivity index (χ3n) is 2.25. The van der Waals surface area contributed by atoms with Gasteiger partial charge in [0.25, 0.3) is 0 Å². The van der Waals surface area contributed by atoms with Gasteiger partial charge in [-0.15, -0.1) is 0 Å². The number of hydrogen-bond donors (Lipinski definition) is 1. The molecular weight excluding hydrogens is 288 g/mol. The summed E-state index contributed by atoms with van der Waals surface area (Å²) < 4.78 is 26.8. The molecule has 0 radical (unpaired) electrons. The first kappa shape index (κ1) is 12.0. The highest BCUT2D eigenvalue weighted by Crippen LogP contribution is 2.16. The highest BCUT2D eigenvalue weighted by molar-refractivity contribution is 9.10. The molecule has 0 aliphatic carbocycles. The van der Waals surface area contributed by atoms with E-state index in [1.54, 1.807) is 0 Å². The van der Waals surface area contributed by atoms with Crippen LogP contribution in [0.2, 0.25) is 0 Å². The molecule has 0 bridgehead atoms. The summed E-state index contributed by atoms with van der Waals surface area (Å²) in [6.07, 6.45) is 0. The minimum atomic E-state index is -0.582. The largest absolute Gasteiger partial charge is 0.381 e. The fraction of sp³-hybridized carbons (Fsp3) is 0.0769. The maximum absolute atomic E-state index is 12.9. The van der Waals surface area contributed by atoms with E-state index in [4.69, 9.17) is 0 Å². The van der Waals surface area contributed by atoms with E-state index < -0.39 is 11.6 Å². The van der Waals surface area contributed by atoms with Gasteiger partial charge >= 0.3 is 0 Å². The van der Waals surface area contributed by atoms with E-state index >= 15 is 0 Å². The number of benzene rings is 2. The summed E-state index contributed by atoms with van der Waals surface area (Å²) in [5, 5.41) is 2.97. The fourth-order valence-corrected chi connectivity index (χ4v) is 1.95. The third kappa shape index (κ3) is 3.53. The molecule has 17 heavy (non-hydrogen) atoms. The molecule has 2 aromatic rings. The van der Waals surface area contributed by atoms with E-state index in [1.807, 2.05) is 24.3 Å². The monoisotopic (exact) mass is 297 g/mol. The molecule has 0 saturated heterocycles. The van der Waals surface area contributed by atoms with Gasteiger partial charge in [-0.3, -0.25) is 0 Å². The molecule has 0 heterocycles. The minimum absolute atomic E-state index is 0.433. The van der Waals surface area contributed by atoms with Crippen LogP contribution >= 0.6 is 15.9 Å². The van der Waals surface area contributed by atoms with Crippen LogP contribution in [0.1, 0.15) is 5.56 Å². The zero-order valence-corrected chi connectivity index (χ0v) is 10.5. The molecule has 2 rings (SSSR count). The molecule has 0 aliphatic heterocycles. The van der Waals surface area contributed by atoms with Gasteiger partial charge in [0, 0.05) is 22.8 Å². The average Bonchev–Trinajstić information content (AvgIpc) is 2.25. The van der Waals surface area contributed by atoms with E-state index in [9.17, 15) is 8.78 Å². The van der Waals surface area contributed by atoms with E-state index in [1.165, 1.54) is 12.1 Å². The lowest BCUT2D eigenvalue weighted by Crippen LogP contribution is -2.00. The molecule has 0 spiro atoms. The Kier molecular flexibility index (Phi) is 3.74. The molecule has 0 aromatic heterocycles. The van der Waals surface area contributed by atoms with Crippen molar-refractivity contribution in [3.63, 3.8) is 0 Å². The van der Waals surface area contributed by atoms with Crippen molar-refractivity contribution in [3.05, 3.63) is 64.1 Å². The quantitative estimate of drug-likeness (QED) is 0.889. The predicted octanol–water partition coefficient (Wildman–Crippen LogP) is 4.34. The fourth-order valence-electron chi connectivity index (χ4n) is 1.51. The van der Waals surface area contributed by atoms with Crippen LogP contribution in [0.5, 0.6) is 0 Å². The van der Waals surface area contributed by atoms with Crippen LogP contribution in [-0.2, 0) is 6.54 Å². The molecule has 1 nitrogen and oxygen atoms in total. The van der Waals surface area contributed by atoms with E-state index in [0.717, 1.165) is 16.1 Å². The Hall–Kier alpha value is -1.42. The van der Waals surface area contributed by atoms with Gasteiger partial charge in [0.2, 0.25) is 0 Å². The van der Waals surface area contributed by atoms with Crippen molar-refractivity contribution in [1.29, 1.82) is 0 Å². The molecule has 0 amide bonds. The van der Waals surface area contributed by atoms with Gasteiger partial charge in [-0.25, -0.2) is 8.78 Å². The maximum atomic E-state index is 12.9. The van der Waals surface area contributed by atoms with Crippen molar-refractivity contribution in [2.24, 2.45) is 0 Å². The lowest BCUT2D eigenvalue weighted by atomic mass is 10.2. The summed E-state index contributed by atoms with van der Waals surface area (Å²) in [6, 6.07) is 11.1. The number of halogens is 3. The SMILES string of the molecule is Fc1cc(F)cc(NCc2cccc(Br)c2)c1. The Labute approximate surface area is 107 Å². The van der Waals surface area contributed by atoms with Crippen LogP contribution < -0.4 is 5.32 Å². The van der Waals surface area contributed by atoms with E-state index in [-0.39, 0.29) is 0 Å². The van der Waals surface area contributed by atoms with Crippen LogP contribution in [0.15, 0.2) is 46.9 Å². The Morgan fingerprint density at radius 3 is 2.35 bits per heavy atom. The molecule has 0 unspecified atom stereocenters. The zero-order valence-electron chi connectivity index (χ0n) is 8.88. The summed E-state index contributed by atoms with van der Waals surface area (Å²) >= 11 is 3.36. The molecule has 0 fully saturated rings. The Bertz CT molecular complexity index is 508. The smallest absolute Gasteiger partial charge is 0.128 e. The molecule has 2 aromatic carbocycles. The van der Waals surface area contributed by atoms with Gasteiger partial charge < -0.3 is 5.32 Å². The number of nitrogens with one attached hydrogen (secondary N) is 1. The standard InChI is InChI=1S/C13H10BrF2N/c14-10-3-1-2-9(4-10)8-17-13-6-11(15)5-12(16)7-13/h1-7,17H,8H2. The molecule has 88 valence electrons. The molecule has 0 atom stereocenters. The van der Waals surface area contributed by atoms with Crippen LogP contribution in [0.4, 0.5) is 14.5 Å². The minimum Gasteiger partial charge on any atom is -0.381 e. The van der Waals surface area contributed by atoms with Crippen LogP contribution in [0.25, 0.3) is 0 Å². The van der Waals surface area contributed by atoms with Crippen LogP contribution in [0.3, 0.4) is 0 Å². The first-order valence-electron chi connectivity index (χ1n) is 5.08. The van der Waals surface area contributed by atoms with Crippen LogP contribution in [0, 0.1) is 11.6 Å². The topological polar surface area (TPSA) is 12.0 Å². The Morgan fingerprint density at radius 1 is 1.00 bits per heavy atom. The van der Waals surface area contributed by atoms with Gasteiger partial charge in [0.05, 0.1) is 0 Å². The Balaban J connectivity index is 2.07. The second kappa shape index (κ2) is 5.27. The first-order valence-corrected chi connectivity index (χ1v) is 5.87. The van der Waals surface area contributed by atoms with Crippen molar-refractivity contribution in [2.75, 3.05) is 5.32 Å².